The van der Waals surface area contributed by atoms with Crippen LogP contribution in [0.25, 0.3) is 0 Å². The Bertz CT molecular complexity index is 337. The molecule has 0 spiro atoms. The normalized spacial score (nSPS) is 12.4. The summed E-state index contributed by atoms with van der Waals surface area (Å²) in [6.45, 7) is 0.128. The van der Waals surface area contributed by atoms with Gasteiger partial charge in [-0.3, -0.25) is 9.18 Å². The molecule has 1 atom stereocenters. The van der Waals surface area contributed by atoms with Gasteiger partial charge in [0.2, 0.25) is 5.91 Å². The highest BCUT2D eigenvalue weighted by molar-refractivity contribution is 5.92. The minimum absolute atomic E-state index is 0.0376. The summed E-state index contributed by atoms with van der Waals surface area (Å²) < 4.78 is 12.6. The van der Waals surface area contributed by atoms with Crippen LogP contribution in [0, 0.1) is 5.92 Å². The Morgan fingerprint density at radius 1 is 1.31 bits per heavy atom. The van der Waals surface area contributed by atoms with Crippen molar-refractivity contribution in [3.05, 3.63) is 35.4 Å². The molecule has 0 aromatic heterocycles. The molecule has 4 heteroatoms. The summed E-state index contributed by atoms with van der Waals surface area (Å²) in [6, 6.07) is 6.93. The van der Waals surface area contributed by atoms with Crippen LogP contribution in [-0.4, -0.2) is 19.1 Å². The Balaban J connectivity index is 2.63. The standard InChI is InChI=1S/C12H17FN2O/c13-8-10(5-6-14)7-9-1-3-11(4-2-9)12(15)16/h1-4,10H,5-8,14H2,(H2,15,16). The molecule has 0 aliphatic heterocycles. The Labute approximate surface area is 94.6 Å². The van der Waals surface area contributed by atoms with Crippen molar-refractivity contribution in [1.29, 1.82) is 0 Å². The molecule has 3 nitrogen and oxygen atoms in total. The number of primary amides is 1. The van der Waals surface area contributed by atoms with Gasteiger partial charge in [0, 0.05) is 5.56 Å². The van der Waals surface area contributed by atoms with E-state index in [9.17, 15) is 9.18 Å². The fourth-order valence-corrected chi connectivity index (χ4v) is 1.61. The van der Waals surface area contributed by atoms with Crippen LogP contribution in [0.2, 0.25) is 0 Å². The van der Waals surface area contributed by atoms with Gasteiger partial charge in [-0.2, -0.15) is 0 Å². The largest absolute Gasteiger partial charge is 0.366 e. The molecule has 0 heterocycles. The van der Waals surface area contributed by atoms with E-state index in [1.165, 1.54) is 0 Å². The summed E-state index contributed by atoms with van der Waals surface area (Å²) in [5.41, 5.74) is 12.0. The van der Waals surface area contributed by atoms with Crippen molar-refractivity contribution in [1.82, 2.24) is 0 Å². The Kier molecular flexibility index (Phi) is 4.92. The van der Waals surface area contributed by atoms with E-state index in [0.29, 0.717) is 24.9 Å². The van der Waals surface area contributed by atoms with Crippen molar-refractivity contribution in [3.63, 3.8) is 0 Å². The highest BCUT2D eigenvalue weighted by Crippen LogP contribution is 2.13. The molecule has 0 radical (unpaired) electrons. The van der Waals surface area contributed by atoms with Gasteiger partial charge in [-0.1, -0.05) is 12.1 Å². The van der Waals surface area contributed by atoms with Crippen LogP contribution in [0.15, 0.2) is 24.3 Å². The summed E-state index contributed by atoms with van der Waals surface area (Å²) in [6.07, 6.45) is 1.32. The maximum absolute atomic E-state index is 12.6. The quantitative estimate of drug-likeness (QED) is 0.763. The van der Waals surface area contributed by atoms with Gasteiger partial charge in [-0.05, 0) is 43.0 Å². The van der Waals surface area contributed by atoms with Crippen molar-refractivity contribution in [2.45, 2.75) is 12.8 Å². The molecule has 1 aromatic carbocycles. The van der Waals surface area contributed by atoms with Crippen LogP contribution in [0.1, 0.15) is 22.3 Å². The number of carbonyl (C=O) groups is 1. The van der Waals surface area contributed by atoms with E-state index < -0.39 is 5.91 Å². The van der Waals surface area contributed by atoms with E-state index in [1.54, 1.807) is 24.3 Å². The molecule has 16 heavy (non-hydrogen) atoms. The first-order valence-electron chi connectivity index (χ1n) is 5.32. The monoisotopic (exact) mass is 224 g/mol. The van der Waals surface area contributed by atoms with Gasteiger partial charge < -0.3 is 11.5 Å². The van der Waals surface area contributed by atoms with Crippen LogP contribution < -0.4 is 11.5 Å². The molecule has 1 rings (SSSR count). The van der Waals surface area contributed by atoms with Gasteiger partial charge in [0.15, 0.2) is 0 Å². The molecule has 88 valence electrons. The smallest absolute Gasteiger partial charge is 0.248 e. The third-order valence-electron chi connectivity index (χ3n) is 2.56. The van der Waals surface area contributed by atoms with Gasteiger partial charge in [-0.25, -0.2) is 0 Å². The molecule has 1 unspecified atom stereocenters. The lowest BCUT2D eigenvalue weighted by Crippen LogP contribution is -2.14. The van der Waals surface area contributed by atoms with Crippen molar-refractivity contribution >= 4 is 5.91 Å². The predicted molar refractivity (Wildman–Crippen MR) is 61.8 cm³/mol. The van der Waals surface area contributed by atoms with Crippen LogP contribution in [0.4, 0.5) is 4.39 Å². The first kappa shape index (κ1) is 12.6. The molecular formula is C12H17FN2O. The molecule has 0 aliphatic carbocycles. The summed E-state index contributed by atoms with van der Waals surface area (Å²) >= 11 is 0. The Hall–Kier alpha value is -1.42. The molecular weight excluding hydrogens is 207 g/mol. The summed E-state index contributed by atoms with van der Waals surface area (Å²) in [5, 5.41) is 0. The molecule has 4 N–H and O–H groups in total. The fraction of sp³-hybridized carbons (Fsp3) is 0.417. The zero-order valence-corrected chi connectivity index (χ0v) is 9.16. The lowest BCUT2D eigenvalue weighted by Gasteiger charge is -2.11. The predicted octanol–water partition coefficient (Wildman–Crippen LogP) is 1.26. The maximum atomic E-state index is 12.6. The molecule has 1 aromatic rings. The van der Waals surface area contributed by atoms with Gasteiger partial charge >= 0.3 is 0 Å². The number of rotatable bonds is 6. The zero-order chi connectivity index (χ0) is 12.0. The van der Waals surface area contributed by atoms with E-state index >= 15 is 0 Å². The van der Waals surface area contributed by atoms with E-state index in [2.05, 4.69) is 0 Å². The fourth-order valence-electron chi connectivity index (χ4n) is 1.61. The lowest BCUT2D eigenvalue weighted by molar-refractivity contribution is 0.100. The second-order valence-corrected chi connectivity index (χ2v) is 3.86. The van der Waals surface area contributed by atoms with Crippen LogP contribution in [0.5, 0.6) is 0 Å². The summed E-state index contributed by atoms with van der Waals surface area (Å²) in [7, 11) is 0. The van der Waals surface area contributed by atoms with Gasteiger partial charge in [-0.15, -0.1) is 0 Å². The van der Waals surface area contributed by atoms with Gasteiger partial charge in [0.05, 0.1) is 6.67 Å². The number of halogens is 1. The second-order valence-electron chi connectivity index (χ2n) is 3.86. The highest BCUT2D eigenvalue weighted by atomic mass is 19.1. The topological polar surface area (TPSA) is 69.1 Å². The second kappa shape index (κ2) is 6.23. The number of benzene rings is 1. The number of alkyl halides is 1. The van der Waals surface area contributed by atoms with Crippen LogP contribution in [0.3, 0.4) is 0 Å². The summed E-state index contributed by atoms with van der Waals surface area (Å²) in [4.78, 5) is 10.8. The highest BCUT2D eigenvalue weighted by Gasteiger charge is 2.09. The SMILES string of the molecule is NCCC(CF)Cc1ccc(C(N)=O)cc1. The van der Waals surface area contributed by atoms with Crippen LogP contribution >= 0.6 is 0 Å². The molecule has 0 aliphatic rings. The number of hydrogen-bond donors (Lipinski definition) is 2. The van der Waals surface area contributed by atoms with Gasteiger partial charge in [0.25, 0.3) is 0 Å². The first-order chi connectivity index (χ1) is 7.67. The van der Waals surface area contributed by atoms with Gasteiger partial charge in [0.1, 0.15) is 0 Å². The van der Waals surface area contributed by atoms with E-state index in [0.717, 1.165) is 5.56 Å². The lowest BCUT2D eigenvalue weighted by atomic mass is 9.97. The first-order valence-corrected chi connectivity index (χ1v) is 5.32. The van der Waals surface area contributed by atoms with E-state index in [4.69, 9.17) is 11.5 Å². The van der Waals surface area contributed by atoms with E-state index in [1.807, 2.05) is 0 Å². The number of nitrogens with two attached hydrogens (primary N) is 2. The number of hydrogen-bond acceptors (Lipinski definition) is 2. The average molecular weight is 224 g/mol. The van der Waals surface area contributed by atoms with Crippen molar-refractivity contribution < 1.29 is 9.18 Å². The third-order valence-corrected chi connectivity index (χ3v) is 2.56. The molecule has 0 saturated carbocycles. The third kappa shape index (κ3) is 3.62. The van der Waals surface area contributed by atoms with Crippen molar-refractivity contribution in [3.8, 4) is 0 Å². The Morgan fingerprint density at radius 3 is 2.38 bits per heavy atom. The Morgan fingerprint density at radius 2 is 1.94 bits per heavy atom. The number of carbonyl (C=O) groups excluding carboxylic acids is 1. The van der Waals surface area contributed by atoms with Crippen molar-refractivity contribution in [2.75, 3.05) is 13.2 Å². The van der Waals surface area contributed by atoms with Crippen LogP contribution in [-0.2, 0) is 6.42 Å². The molecule has 0 bridgehead atoms. The molecule has 1 amide bonds. The molecule has 0 saturated heterocycles. The number of amides is 1. The maximum Gasteiger partial charge on any atom is 0.248 e. The molecule has 0 fully saturated rings. The zero-order valence-electron chi connectivity index (χ0n) is 9.16. The minimum Gasteiger partial charge on any atom is -0.366 e. The van der Waals surface area contributed by atoms with Crippen molar-refractivity contribution in [2.24, 2.45) is 17.4 Å². The minimum atomic E-state index is -0.449. The average Bonchev–Trinajstić information content (AvgIpc) is 2.29. The summed E-state index contributed by atoms with van der Waals surface area (Å²) in [5.74, 6) is -0.486. The van der Waals surface area contributed by atoms with E-state index in [-0.39, 0.29) is 12.6 Å².